The monoisotopic (exact) mass is 198 g/mol. The fourth-order valence-electron chi connectivity index (χ4n) is 1.31. The van der Waals surface area contributed by atoms with E-state index in [0.29, 0.717) is 11.5 Å². The predicted molar refractivity (Wildman–Crippen MR) is 64.6 cm³/mol. The lowest BCUT2D eigenvalue weighted by Gasteiger charge is -2.35. The lowest BCUT2D eigenvalue weighted by Crippen LogP contribution is -2.42. The average Bonchev–Trinajstić information content (AvgIpc) is 2.09. The summed E-state index contributed by atoms with van der Waals surface area (Å²) in [4.78, 5) is 2.40. The van der Waals surface area contributed by atoms with Crippen molar-refractivity contribution in [2.75, 3.05) is 26.7 Å². The molecule has 0 amide bonds. The Morgan fingerprint density at radius 2 is 2.00 bits per heavy atom. The minimum atomic E-state index is 0.354. The molecule has 0 aliphatic rings. The second-order valence-corrected chi connectivity index (χ2v) is 5.02. The van der Waals surface area contributed by atoms with Gasteiger partial charge in [-0.1, -0.05) is 26.8 Å². The smallest absolute Gasteiger partial charge is 0.0132 e. The summed E-state index contributed by atoms with van der Waals surface area (Å²) < 4.78 is 0. The van der Waals surface area contributed by atoms with Crippen LogP contribution in [0.4, 0.5) is 0 Å². The summed E-state index contributed by atoms with van der Waals surface area (Å²) in [5.74, 6) is 0. The molecule has 2 nitrogen and oxygen atoms in total. The van der Waals surface area contributed by atoms with Crippen molar-refractivity contribution in [2.24, 2.45) is 5.41 Å². The van der Waals surface area contributed by atoms with Gasteiger partial charge in [0.25, 0.3) is 0 Å². The maximum Gasteiger partial charge on any atom is 0.0132 e. The Bertz CT molecular complexity index is 158. The van der Waals surface area contributed by atoms with Crippen LogP contribution in [0.2, 0.25) is 0 Å². The molecule has 1 N–H and O–H groups in total. The van der Waals surface area contributed by atoms with E-state index < -0.39 is 0 Å². The molecule has 0 fully saturated rings. The summed E-state index contributed by atoms with van der Waals surface area (Å²) in [7, 11) is 2.19. The van der Waals surface area contributed by atoms with Crippen LogP contribution in [0.5, 0.6) is 0 Å². The summed E-state index contributed by atoms with van der Waals surface area (Å²) in [6.07, 6.45) is 1.90. The molecule has 0 rings (SSSR count). The summed E-state index contributed by atoms with van der Waals surface area (Å²) in [5, 5.41) is 3.31. The first-order valence-electron chi connectivity index (χ1n) is 5.41. The quantitative estimate of drug-likeness (QED) is 0.519. The van der Waals surface area contributed by atoms with Crippen LogP contribution in [0.25, 0.3) is 0 Å². The highest BCUT2D eigenvalue weighted by atomic mass is 15.1. The minimum Gasteiger partial charge on any atom is -0.312 e. The molecule has 0 aromatic heterocycles. The maximum atomic E-state index is 3.68. The lowest BCUT2D eigenvalue weighted by molar-refractivity contribution is 0.142. The number of hydrogen-bond acceptors (Lipinski definition) is 2. The Labute approximate surface area is 89.4 Å². The van der Waals surface area contributed by atoms with Crippen molar-refractivity contribution in [2.45, 2.75) is 33.7 Å². The molecule has 1 atom stereocenters. The molecule has 0 aromatic rings. The van der Waals surface area contributed by atoms with Gasteiger partial charge in [0.05, 0.1) is 0 Å². The lowest BCUT2D eigenvalue weighted by atomic mass is 9.87. The Morgan fingerprint density at radius 1 is 1.43 bits per heavy atom. The average molecular weight is 198 g/mol. The molecule has 14 heavy (non-hydrogen) atoms. The van der Waals surface area contributed by atoms with Crippen molar-refractivity contribution >= 4 is 0 Å². The summed E-state index contributed by atoms with van der Waals surface area (Å²) >= 11 is 0. The molecule has 0 heterocycles. The molecular formula is C12H26N2. The first-order valence-corrected chi connectivity index (χ1v) is 5.41. The van der Waals surface area contributed by atoms with Crippen LogP contribution in [0.1, 0.15) is 27.7 Å². The maximum absolute atomic E-state index is 3.68. The molecule has 0 spiro atoms. The first kappa shape index (κ1) is 13.7. The molecule has 0 aliphatic heterocycles. The van der Waals surface area contributed by atoms with Crippen molar-refractivity contribution in [3.63, 3.8) is 0 Å². The highest BCUT2D eigenvalue weighted by molar-refractivity contribution is 4.78. The predicted octanol–water partition coefficient (Wildman–Crippen LogP) is 2.13. The third-order valence-electron chi connectivity index (χ3n) is 2.84. The molecule has 0 aliphatic carbocycles. The van der Waals surface area contributed by atoms with Gasteiger partial charge < -0.3 is 10.2 Å². The van der Waals surface area contributed by atoms with Gasteiger partial charge in [-0.3, -0.25) is 0 Å². The molecule has 0 saturated carbocycles. The molecule has 0 saturated heterocycles. The van der Waals surface area contributed by atoms with E-state index in [0.717, 1.165) is 19.6 Å². The number of hydrogen-bond donors (Lipinski definition) is 1. The Hall–Kier alpha value is -0.340. The Kier molecular flexibility index (Phi) is 6.05. The topological polar surface area (TPSA) is 15.3 Å². The summed E-state index contributed by atoms with van der Waals surface area (Å²) in [6, 6.07) is 0.605. The third-order valence-corrected chi connectivity index (χ3v) is 2.84. The van der Waals surface area contributed by atoms with E-state index in [2.05, 4.69) is 51.5 Å². The second kappa shape index (κ2) is 6.20. The molecule has 1 unspecified atom stereocenters. The zero-order valence-electron chi connectivity index (χ0n) is 10.4. The van der Waals surface area contributed by atoms with Crippen molar-refractivity contribution in [3.05, 3.63) is 12.7 Å². The zero-order chi connectivity index (χ0) is 11.2. The van der Waals surface area contributed by atoms with E-state index in [1.165, 1.54) is 0 Å². The summed E-state index contributed by atoms with van der Waals surface area (Å²) in [6.45, 7) is 15.8. The Balaban J connectivity index is 3.73. The Morgan fingerprint density at radius 3 is 2.43 bits per heavy atom. The molecular weight excluding hydrogens is 172 g/mol. The summed E-state index contributed by atoms with van der Waals surface area (Å²) in [5.41, 5.74) is 0.354. The number of rotatable bonds is 6. The van der Waals surface area contributed by atoms with E-state index in [4.69, 9.17) is 0 Å². The zero-order valence-corrected chi connectivity index (χ0v) is 10.4. The largest absolute Gasteiger partial charge is 0.312 e. The highest BCUT2D eigenvalue weighted by Crippen LogP contribution is 2.22. The van der Waals surface area contributed by atoms with Crippen molar-refractivity contribution in [1.82, 2.24) is 10.2 Å². The van der Waals surface area contributed by atoms with Gasteiger partial charge in [0, 0.05) is 25.7 Å². The standard InChI is InChI=1S/C12H26N2/c1-7-8-13-9-10-14(6)11(2)12(3,4)5/h7,11,13H,1,8-10H2,2-6H3. The van der Waals surface area contributed by atoms with Gasteiger partial charge >= 0.3 is 0 Å². The number of likely N-dealkylation sites (N-methyl/N-ethyl adjacent to an activating group) is 1. The highest BCUT2D eigenvalue weighted by Gasteiger charge is 2.23. The molecule has 84 valence electrons. The van der Waals surface area contributed by atoms with Gasteiger partial charge in [-0.05, 0) is 19.4 Å². The van der Waals surface area contributed by atoms with Crippen LogP contribution >= 0.6 is 0 Å². The van der Waals surface area contributed by atoms with Gasteiger partial charge in [0.15, 0.2) is 0 Å². The molecule has 0 aromatic carbocycles. The minimum absolute atomic E-state index is 0.354. The van der Waals surface area contributed by atoms with Crippen LogP contribution in [0, 0.1) is 5.41 Å². The van der Waals surface area contributed by atoms with Gasteiger partial charge in [-0.15, -0.1) is 6.58 Å². The van der Waals surface area contributed by atoms with Crippen molar-refractivity contribution in [1.29, 1.82) is 0 Å². The fraction of sp³-hybridized carbons (Fsp3) is 0.833. The van der Waals surface area contributed by atoms with Crippen LogP contribution < -0.4 is 5.32 Å². The normalized spacial score (nSPS) is 14.4. The second-order valence-electron chi connectivity index (χ2n) is 5.02. The third kappa shape index (κ3) is 5.40. The molecule has 0 radical (unpaired) electrons. The van der Waals surface area contributed by atoms with Crippen molar-refractivity contribution in [3.8, 4) is 0 Å². The van der Waals surface area contributed by atoms with Gasteiger partial charge in [0.1, 0.15) is 0 Å². The van der Waals surface area contributed by atoms with Crippen LogP contribution in [0.15, 0.2) is 12.7 Å². The van der Waals surface area contributed by atoms with Gasteiger partial charge in [-0.2, -0.15) is 0 Å². The number of nitrogens with zero attached hydrogens (tertiary/aromatic N) is 1. The van der Waals surface area contributed by atoms with E-state index >= 15 is 0 Å². The van der Waals surface area contributed by atoms with Crippen LogP contribution in [0.3, 0.4) is 0 Å². The number of nitrogens with one attached hydrogen (secondary N) is 1. The van der Waals surface area contributed by atoms with Crippen LogP contribution in [-0.2, 0) is 0 Å². The van der Waals surface area contributed by atoms with Gasteiger partial charge in [0.2, 0.25) is 0 Å². The first-order chi connectivity index (χ1) is 6.39. The van der Waals surface area contributed by atoms with E-state index in [1.54, 1.807) is 0 Å². The fourth-order valence-corrected chi connectivity index (χ4v) is 1.31. The van der Waals surface area contributed by atoms with Crippen LogP contribution in [-0.4, -0.2) is 37.6 Å². The molecule has 0 bridgehead atoms. The SMILES string of the molecule is C=CCNCCN(C)C(C)C(C)(C)C. The van der Waals surface area contributed by atoms with Gasteiger partial charge in [-0.25, -0.2) is 0 Å². The van der Waals surface area contributed by atoms with E-state index in [-0.39, 0.29) is 0 Å². The van der Waals surface area contributed by atoms with E-state index in [1.807, 2.05) is 6.08 Å². The van der Waals surface area contributed by atoms with Crippen molar-refractivity contribution < 1.29 is 0 Å². The van der Waals surface area contributed by atoms with E-state index in [9.17, 15) is 0 Å². The molecule has 2 heteroatoms.